The SMILES string of the molecule is COc1ccc(CN2C[C@@H](CO)CC2=O)c(OC)c1. The Labute approximate surface area is 112 Å². The van der Waals surface area contributed by atoms with Gasteiger partial charge in [-0.15, -0.1) is 0 Å². The number of rotatable bonds is 5. The van der Waals surface area contributed by atoms with E-state index in [0.29, 0.717) is 25.3 Å². The first-order valence-electron chi connectivity index (χ1n) is 6.27. The van der Waals surface area contributed by atoms with Gasteiger partial charge in [0.2, 0.25) is 5.91 Å². The molecule has 0 aliphatic carbocycles. The average Bonchev–Trinajstić information content (AvgIpc) is 2.80. The Morgan fingerprint density at radius 1 is 1.37 bits per heavy atom. The summed E-state index contributed by atoms with van der Waals surface area (Å²) >= 11 is 0. The van der Waals surface area contributed by atoms with Crippen LogP contribution in [-0.2, 0) is 11.3 Å². The molecular formula is C14H19NO4. The highest BCUT2D eigenvalue weighted by molar-refractivity contribution is 5.78. The second-order valence-electron chi connectivity index (χ2n) is 4.70. The van der Waals surface area contributed by atoms with Crippen LogP contribution in [0, 0.1) is 5.92 Å². The smallest absolute Gasteiger partial charge is 0.223 e. The molecule has 104 valence electrons. The number of hydrogen-bond acceptors (Lipinski definition) is 4. The van der Waals surface area contributed by atoms with Crippen LogP contribution in [0.3, 0.4) is 0 Å². The van der Waals surface area contributed by atoms with Gasteiger partial charge in [0.1, 0.15) is 11.5 Å². The summed E-state index contributed by atoms with van der Waals surface area (Å²) in [6, 6.07) is 5.55. The van der Waals surface area contributed by atoms with E-state index in [1.165, 1.54) is 0 Å². The fraction of sp³-hybridized carbons (Fsp3) is 0.500. The molecule has 1 aliphatic rings. The first kappa shape index (κ1) is 13.7. The van der Waals surface area contributed by atoms with Crippen LogP contribution < -0.4 is 9.47 Å². The molecule has 5 nitrogen and oxygen atoms in total. The summed E-state index contributed by atoms with van der Waals surface area (Å²) in [7, 11) is 3.20. The number of aliphatic hydroxyl groups is 1. The summed E-state index contributed by atoms with van der Waals surface area (Å²) in [5, 5.41) is 9.12. The topological polar surface area (TPSA) is 59.0 Å². The maximum absolute atomic E-state index is 11.8. The largest absolute Gasteiger partial charge is 0.497 e. The molecule has 1 fully saturated rings. The second kappa shape index (κ2) is 5.93. The van der Waals surface area contributed by atoms with Crippen LogP contribution in [0.4, 0.5) is 0 Å². The summed E-state index contributed by atoms with van der Waals surface area (Å²) in [6.07, 6.45) is 0.426. The molecule has 0 spiro atoms. The number of carbonyl (C=O) groups excluding carboxylic acids is 1. The van der Waals surface area contributed by atoms with Crippen molar-refractivity contribution in [2.75, 3.05) is 27.4 Å². The quantitative estimate of drug-likeness (QED) is 0.864. The van der Waals surface area contributed by atoms with Crippen LogP contribution in [-0.4, -0.2) is 43.3 Å². The summed E-state index contributed by atoms with van der Waals surface area (Å²) in [4.78, 5) is 13.6. The number of amides is 1. The minimum Gasteiger partial charge on any atom is -0.497 e. The monoisotopic (exact) mass is 265 g/mol. The van der Waals surface area contributed by atoms with Crippen molar-refractivity contribution in [1.29, 1.82) is 0 Å². The van der Waals surface area contributed by atoms with E-state index in [0.717, 1.165) is 11.3 Å². The van der Waals surface area contributed by atoms with Gasteiger partial charge in [-0.2, -0.15) is 0 Å². The van der Waals surface area contributed by atoms with Crippen LogP contribution in [0.2, 0.25) is 0 Å². The molecule has 1 heterocycles. The molecule has 0 saturated carbocycles. The van der Waals surface area contributed by atoms with Crippen molar-refractivity contribution < 1.29 is 19.4 Å². The first-order chi connectivity index (χ1) is 9.17. The zero-order valence-corrected chi connectivity index (χ0v) is 11.3. The van der Waals surface area contributed by atoms with E-state index in [9.17, 15) is 4.79 Å². The summed E-state index contributed by atoms with van der Waals surface area (Å²) in [6.45, 7) is 1.16. The number of nitrogens with zero attached hydrogens (tertiary/aromatic N) is 1. The van der Waals surface area contributed by atoms with Crippen molar-refractivity contribution in [2.24, 2.45) is 5.92 Å². The van der Waals surface area contributed by atoms with Crippen LogP contribution in [0.25, 0.3) is 0 Å². The van der Waals surface area contributed by atoms with Crippen LogP contribution in [0.15, 0.2) is 18.2 Å². The molecular weight excluding hydrogens is 246 g/mol. The minimum absolute atomic E-state index is 0.0525. The number of aliphatic hydroxyl groups excluding tert-OH is 1. The van der Waals surface area contributed by atoms with Crippen molar-refractivity contribution >= 4 is 5.91 Å². The Bertz CT molecular complexity index is 461. The Morgan fingerprint density at radius 2 is 2.16 bits per heavy atom. The van der Waals surface area contributed by atoms with Gasteiger partial charge in [0.25, 0.3) is 0 Å². The molecule has 0 unspecified atom stereocenters. The van der Waals surface area contributed by atoms with Gasteiger partial charge in [-0.05, 0) is 12.1 Å². The van der Waals surface area contributed by atoms with Crippen molar-refractivity contribution in [2.45, 2.75) is 13.0 Å². The highest BCUT2D eigenvalue weighted by atomic mass is 16.5. The van der Waals surface area contributed by atoms with Gasteiger partial charge >= 0.3 is 0 Å². The van der Waals surface area contributed by atoms with Crippen molar-refractivity contribution in [3.05, 3.63) is 23.8 Å². The molecule has 0 aromatic heterocycles. The molecule has 5 heteroatoms. The highest BCUT2D eigenvalue weighted by Gasteiger charge is 2.29. The van der Waals surface area contributed by atoms with E-state index >= 15 is 0 Å². The molecule has 2 rings (SSSR count). The zero-order chi connectivity index (χ0) is 13.8. The van der Waals surface area contributed by atoms with Gasteiger partial charge in [0.15, 0.2) is 0 Å². The standard InChI is InChI=1S/C14H19NO4/c1-18-12-4-3-11(13(6-12)19-2)8-15-7-10(9-16)5-14(15)17/h3-4,6,10,16H,5,7-9H2,1-2H3/t10-/m0/s1. The van der Waals surface area contributed by atoms with E-state index in [1.807, 2.05) is 12.1 Å². The lowest BCUT2D eigenvalue weighted by Crippen LogP contribution is -2.25. The molecule has 1 N–H and O–H groups in total. The minimum atomic E-state index is 0.0525. The summed E-state index contributed by atoms with van der Waals surface area (Å²) in [5.41, 5.74) is 0.940. The highest BCUT2D eigenvalue weighted by Crippen LogP contribution is 2.28. The molecule has 19 heavy (non-hydrogen) atoms. The fourth-order valence-corrected chi connectivity index (χ4v) is 2.32. The molecule has 0 radical (unpaired) electrons. The maximum Gasteiger partial charge on any atom is 0.223 e. The number of carbonyl (C=O) groups is 1. The number of ether oxygens (including phenoxy) is 2. The van der Waals surface area contributed by atoms with Gasteiger partial charge in [-0.1, -0.05) is 0 Å². The molecule has 1 amide bonds. The van der Waals surface area contributed by atoms with Crippen molar-refractivity contribution in [3.63, 3.8) is 0 Å². The third-order valence-corrected chi connectivity index (χ3v) is 3.41. The Balaban J connectivity index is 2.13. The molecule has 1 atom stereocenters. The zero-order valence-electron chi connectivity index (χ0n) is 11.3. The number of likely N-dealkylation sites (tertiary alicyclic amines) is 1. The summed E-state index contributed by atoms with van der Waals surface area (Å²) in [5.74, 6) is 1.56. The third kappa shape index (κ3) is 2.98. The Hall–Kier alpha value is -1.75. The first-order valence-corrected chi connectivity index (χ1v) is 6.27. The molecule has 0 bridgehead atoms. The van der Waals surface area contributed by atoms with E-state index in [4.69, 9.17) is 14.6 Å². The van der Waals surface area contributed by atoms with Gasteiger partial charge in [-0.3, -0.25) is 4.79 Å². The fourth-order valence-electron chi connectivity index (χ4n) is 2.32. The normalized spacial score (nSPS) is 18.8. The van der Waals surface area contributed by atoms with Crippen LogP contribution in [0.5, 0.6) is 11.5 Å². The molecule has 1 saturated heterocycles. The predicted molar refractivity (Wildman–Crippen MR) is 70.2 cm³/mol. The lowest BCUT2D eigenvalue weighted by Gasteiger charge is -2.18. The van der Waals surface area contributed by atoms with E-state index < -0.39 is 0 Å². The second-order valence-corrected chi connectivity index (χ2v) is 4.70. The third-order valence-electron chi connectivity index (χ3n) is 3.41. The number of hydrogen-bond donors (Lipinski definition) is 1. The van der Waals surface area contributed by atoms with E-state index in [2.05, 4.69) is 0 Å². The Morgan fingerprint density at radius 3 is 2.74 bits per heavy atom. The number of methoxy groups -OCH3 is 2. The van der Waals surface area contributed by atoms with E-state index in [1.54, 1.807) is 25.2 Å². The maximum atomic E-state index is 11.8. The van der Waals surface area contributed by atoms with Gasteiger partial charge in [0.05, 0.1) is 14.2 Å². The van der Waals surface area contributed by atoms with Gasteiger partial charge < -0.3 is 19.5 Å². The lowest BCUT2D eigenvalue weighted by molar-refractivity contribution is -0.128. The van der Waals surface area contributed by atoms with Crippen molar-refractivity contribution in [3.8, 4) is 11.5 Å². The van der Waals surface area contributed by atoms with E-state index in [-0.39, 0.29) is 18.4 Å². The van der Waals surface area contributed by atoms with Gasteiger partial charge in [0, 0.05) is 43.7 Å². The average molecular weight is 265 g/mol. The van der Waals surface area contributed by atoms with Crippen LogP contribution >= 0.6 is 0 Å². The molecule has 1 aromatic carbocycles. The van der Waals surface area contributed by atoms with Crippen LogP contribution in [0.1, 0.15) is 12.0 Å². The lowest BCUT2D eigenvalue weighted by atomic mass is 10.1. The molecule has 1 aromatic rings. The molecule has 1 aliphatic heterocycles. The van der Waals surface area contributed by atoms with Crippen molar-refractivity contribution in [1.82, 2.24) is 4.90 Å². The Kier molecular flexibility index (Phi) is 4.27. The number of benzene rings is 1. The van der Waals surface area contributed by atoms with Gasteiger partial charge in [-0.25, -0.2) is 0 Å². The predicted octanol–water partition coefficient (Wildman–Crippen LogP) is 1.04. The summed E-state index contributed by atoms with van der Waals surface area (Å²) < 4.78 is 10.5.